The second-order valence-corrected chi connectivity index (χ2v) is 5.87. The van der Waals surface area contributed by atoms with Gasteiger partial charge in [0.2, 0.25) is 5.91 Å². The Kier molecular flexibility index (Phi) is 5.12. The van der Waals surface area contributed by atoms with E-state index in [1.54, 1.807) is 12.1 Å². The maximum atomic E-state index is 12.2. The van der Waals surface area contributed by atoms with Crippen LogP contribution in [0.2, 0.25) is 0 Å². The van der Waals surface area contributed by atoms with Gasteiger partial charge in [-0.15, -0.1) is 6.58 Å². The normalized spacial score (nSPS) is 13.9. The van der Waals surface area contributed by atoms with Gasteiger partial charge in [0.05, 0.1) is 0 Å². The molecule has 1 heterocycles. The van der Waals surface area contributed by atoms with E-state index in [1.165, 1.54) is 6.08 Å². The van der Waals surface area contributed by atoms with E-state index in [9.17, 15) is 19.2 Å². The van der Waals surface area contributed by atoms with Crippen LogP contribution < -0.4 is 5.32 Å². The van der Waals surface area contributed by atoms with Gasteiger partial charge in [-0.3, -0.25) is 19.3 Å². The molecule has 5 amide bonds. The molecule has 1 fully saturated rings. The third-order valence-electron chi connectivity index (χ3n) is 4.02. The van der Waals surface area contributed by atoms with Crippen LogP contribution >= 0.6 is 0 Å². The first-order chi connectivity index (χ1) is 13.0. The molecule has 27 heavy (non-hydrogen) atoms. The molecular weight excluding hydrogens is 346 g/mol. The maximum Gasteiger partial charge on any atom is 0.335 e. The average Bonchev–Trinajstić information content (AvgIpc) is 2.88. The lowest BCUT2D eigenvalue weighted by molar-refractivity contribution is -0.143. The molecule has 0 aromatic heterocycles. The summed E-state index contributed by atoms with van der Waals surface area (Å²) in [7, 11) is 0. The number of hydrogen-bond acceptors (Lipinski definition) is 4. The largest absolute Gasteiger partial charge is 0.335 e. The number of benzene rings is 2. The fourth-order valence-corrected chi connectivity index (χ4v) is 2.70. The highest BCUT2D eigenvalue weighted by Gasteiger charge is 2.44. The Morgan fingerprint density at radius 1 is 0.889 bits per heavy atom. The molecule has 0 spiro atoms. The van der Waals surface area contributed by atoms with Gasteiger partial charge >= 0.3 is 17.8 Å². The van der Waals surface area contributed by atoms with Crippen molar-refractivity contribution in [3.8, 4) is 11.1 Å². The molecule has 0 aliphatic carbocycles. The first-order valence-corrected chi connectivity index (χ1v) is 8.25. The number of hydrogen-bond donors (Lipinski definition) is 1. The minimum absolute atomic E-state index is 0.0809. The first kappa shape index (κ1) is 18.1. The summed E-state index contributed by atoms with van der Waals surface area (Å²) in [5.74, 6) is -2.55. The number of anilines is 1. The van der Waals surface area contributed by atoms with Gasteiger partial charge in [-0.25, -0.2) is 9.69 Å². The van der Waals surface area contributed by atoms with Gasteiger partial charge in [-0.05, 0) is 23.3 Å². The van der Waals surface area contributed by atoms with Crippen LogP contribution in [-0.4, -0.2) is 46.6 Å². The van der Waals surface area contributed by atoms with Gasteiger partial charge in [0, 0.05) is 12.2 Å². The lowest BCUT2D eigenvalue weighted by Crippen LogP contribution is -2.39. The van der Waals surface area contributed by atoms with Crippen LogP contribution in [0, 0.1) is 0 Å². The van der Waals surface area contributed by atoms with Crippen LogP contribution in [-0.2, 0) is 14.4 Å². The first-order valence-electron chi connectivity index (χ1n) is 8.25. The predicted octanol–water partition coefficient (Wildman–Crippen LogP) is 2.27. The van der Waals surface area contributed by atoms with E-state index in [1.807, 2.05) is 42.5 Å². The Bertz CT molecular complexity index is 907. The van der Waals surface area contributed by atoms with E-state index in [-0.39, 0.29) is 6.54 Å². The van der Waals surface area contributed by atoms with Crippen molar-refractivity contribution in [2.24, 2.45) is 0 Å². The molecule has 7 heteroatoms. The summed E-state index contributed by atoms with van der Waals surface area (Å²) in [6.07, 6.45) is 1.33. The number of nitrogens with one attached hydrogen (secondary N) is 1. The fraction of sp³-hybridized carbons (Fsp3) is 0.100. The predicted molar refractivity (Wildman–Crippen MR) is 99.5 cm³/mol. The highest BCUT2D eigenvalue weighted by molar-refractivity contribution is 6.45. The minimum Gasteiger partial charge on any atom is -0.325 e. The molecule has 7 nitrogen and oxygen atoms in total. The molecule has 1 aliphatic rings. The monoisotopic (exact) mass is 363 g/mol. The lowest BCUT2D eigenvalue weighted by atomic mass is 10.1. The Morgan fingerprint density at radius 2 is 1.48 bits per heavy atom. The number of urea groups is 1. The molecule has 3 rings (SSSR count). The molecule has 0 bridgehead atoms. The number of imide groups is 2. The van der Waals surface area contributed by atoms with Crippen LogP contribution in [0.25, 0.3) is 11.1 Å². The van der Waals surface area contributed by atoms with Crippen LogP contribution in [0.4, 0.5) is 10.5 Å². The van der Waals surface area contributed by atoms with Crippen molar-refractivity contribution < 1.29 is 19.2 Å². The average molecular weight is 363 g/mol. The molecule has 136 valence electrons. The summed E-state index contributed by atoms with van der Waals surface area (Å²) in [5, 5.41) is 2.62. The zero-order valence-corrected chi connectivity index (χ0v) is 14.4. The molecule has 0 unspecified atom stereocenters. The highest BCUT2D eigenvalue weighted by Crippen LogP contribution is 2.21. The van der Waals surface area contributed by atoms with E-state index >= 15 is 0 Å². The quantitative estimate of drug-likeness (QED) is 0.485. The SMILES string of the molecule is C=CCN1C(=O)C(=O)N(CC(=O)Nc2ccc(-c3ccccc3)cc2)C1=O. The zero-order chi connectivity index (χ0) is 19.4. The highest BCUT2D eigenvalue weighted by atomic mass is 16.2. The van der Waals surface area contributed by atoms with Crippen molar-refractivity contribution in [3.05, 3.63) is 67.3 Å². The zero-order valence-electron chi connectivity index (χ0n) is 14.4. The van der Waals surface area contributed by atoms with Crippen molar-refractivity contribution in [1.82, 2.24) is 9.80 Å². The van der Waals surface area contributed by atoms with E-state index in [2.05, 4.69) is 11.9 Å². The minimum atomic E-state index is -1.02. The number of amides is 5. The Morgan fingerprint density at radius 3 is 2.11 bits per heavy atom. The lowest BCUT2D eigenvalue weighted by Gasteiger charge is -2.14. The summed E-state index contributed by atoms with van der Waals surface area (Å²) in [6, 6.07) is 16.1. The smallest absolute Gasteiger partial charge is 0.325 e. The standard InChI is InChI=1S/C20H17N3O4/c1-2-12-22-18(25)19(26)23(20(22)27)13-17(24)21-16-10-8-15(9-11-16)14-6-4-3-5-7-14/h2-11H,1,12-13H2,(H,21,24). The number of rotatable bonds is 6. The second kappa shape index (κ2) is 7.65. The van der Waals surface area contributed by atoms with Gasteiger partial charge in [-0.2, -0.15) is 0 Å². The summed E-state index contributed by atoms with van der Waals surface area (Å²) >= 11 is 0. The van der Waals surface area contributed by atoms with Crippen molar-refractivity contribution in [3.63, 3.8) is 0 Å². The van der Waals surface area contributed by atoms with Crippen molar-refractivity contribution in [2.75, 3.05) is 18.4 Å². The third kappa shape index (κ3) is 3.77. The summed E-state index contributed by atoms with van der Waals surface area (Å²) < 4.78 is 0. The topological polar surface area (TPSA) is 86.8 Å². The summed E-state index contributed by atoms with van der Waals surface area (Å²) in [5.41, 5.74) is 2.56. The number of carbonyl (C=O) groups is 4. The van der Waals surface area contributed by atoms with Gasteiger partial charge in [-0.1, -0.05) is 48.5 Å². The third-order valence-corrected chi connectivity index (χ3v) is 4.02. The number of carbonyl (C=O) groups excluding carboxylic acids is 4. The van der Waals surface area contributed by atoms with Gasteiger partial charge in [0.25, 0.3) is 0 Å². The molecule has 2 aromatic carbocycles. The molecule has 2 aromatic rings. The van der Waals surface area contributed by atoms with Crippen LogP contribution in [0.3, 0.4) is 0 Å². The van der Waals surface area contributed by atoms with Gasteiger partial charge in [0.1, 0.15) is 6.54 Å². The van der Waals surface area contributed by atoms with E-state index < -0.39 is 30.3 Å². The molecule has 1 aliphatic heterocycles. The number of nitrogens with zero attached hydrogens (tertiary/aromatic N) is 2. The Hall–Kier alpha value is -3.74. The molecule has 1 N–H and O–H groups in total. The van der Waals surface area contributed by atoms with E-state index in [0.717, 1.165) is 16.0 Å². The molecular formula is C20H17N3O4. The van der Waals surface area contributed by atoms with Gasteiger partial charge in [0.15, 0.2) is 0 Å². The van der Waals surface area contributed by atoms with Crippen molar-refractivity contribution in [2.45, 2.75) is 0 Å². The summed E-state index contributed by atoms with van der Waals surface area (Å²) in [4.78, 5) is 49.3. The maximum absolute atomic E-state index is 12.2. The van der Waals surface area contributed by atoms with Crippen LogP contribution in [0.5, 0.6) is 0 Å². The molecule has 0 saturated carbocycles. The Labute approximate surface area is 155 Å². The van der Waals surface area contributed by atoms with Crippen LogP contribution in [0.15, 0.2) is 67.3 Å². The Balaban J connectivity index is 1.64. The molecule has 0 atom stereocenters. The molecule has 1 saturated heterocycles. The van der Waals surface area contributed by atoms with Crippen molar-refractivity contribution in [1.29, 1.82) is 0 Å². The van der Waals surface area contributed by atoms with Gasteiger partial charge < -0.3 is 5.32 Å². The fourth-order valence-electron chi connectivity index (χ4n) is 2.70. The van der Waals surface area contributed by atoms with E-state index in [0.29, 0.717) is 10.6 Å². The second-order valence-electron chi connectivity index (χ2n) is 5.87. The van der Waals surface area contributed by atoms with Crippen molar-refractivity contribution >= 4 is 29.4 Å². The van der Waals surface area contributed by atoms with Crippen LogP contribution in [0.1, 0.15) is 0 Å². The van der Waals surface area contributed by atoms with E-state index in [4.69, 9.17) is 0 Å². The summed E-state index contributed by atoms with van der Waals surface area (Å²) in [6.45, 7) is 2.82. The molecule has 0 radical (unpaired) electrons.